The molecule has 0 aromatic rings. The number of nitrogens with one attached hydrogen (secondary N) is 2. The monoisotopic (exact) mass is 822 g/mol. The van der Waals surface area contributed by atoms with Gasteiger partial charge in [0.25, 0.3) is 0 Å². The van der Waals surface area contributed by atoms with Gasteiger partial charge in [0, 0.05) is 25.6 Å². The summed E-state index contributed by atoms with van der Waals surface area (Å²) in [5, 5.41) is 5.80. The number of urea groups is 1. The molecule has 17 heteroatoms. The van der Waals surface area contributed by atoms with Crippen LogP contribution in [0.15, 0.2) is 0 Å². The van der Waals surface area contributed by atoms with Crippen LogP contribution in [-0.2, 0) is 61.8 Å². The fraction of sp³-hybridized carbons (Fsp3) is 0.900. The van der Waals surface area contributed by atoms with Crippen molar-refractivity contribution in [2.24, 2.45) is 0 Å². The first-order valence-electron chi connectivity index (χ1n) is 20.6. The van der Waals surface area contributed by atoms with E-state index in [0.29, 0.717) is 112 Å². The van der Waals surface area contributed by atoms with Crippen LogP contribution in [0.1, 0.15) is 93.4 Å². The Hall–Kier alpha value is -2.64. The first-order valence-corrected chi connectivity index (χ1v) is 20.6. The summed E-state index contributed by atoms with van der Waals surface area (Å²) in [4.78, 5) is 49.8. The minimum Gasteiger partial charge on any atom is -0.460 e. The Bertz CT molecular complexity index is 1010. The average molecular weight is 822 g/mol. The summed E-state index contributed by atoms with van der Waals surface area (Å²) < 4.78 is 54.9. The average Bonchev–Trinajstić information content (AvgIpc) is 3.44. The molecule has 1 heterocycles. The second-order valence-electron chi connectivity index (χ2n) is 15.6. The summed E-state index contributed by atoms with van der Waals surface area (Å²) in [6.07, 6.45) is 4.31. The highest BCUT2D eigenvalue weighted by molar-refractivity contribution is 5.77. The van der Waals surface area contributed by atoms with Crippen molar-refractivity contribution in [2.45, 2.75) is 117 Å². The molecule has 3 amide bonds. The second-order valence-corrected chi connectivity index (χ2v) is 15.6. The van der Waals surface area contributed by atoms with Gasteiger partial charge in [-0.3, -0.25) is 14.4 Å². The van der Waals surface area contributed by atoms with Gasteiger partial charge >= 0.3 is 18.0 Å². The van der Waals surface area contributed by atoms with E-state index >= 15 is 0 Å². The van der Waals surface area contributed by atoms with E-state index in [0.717, 1.165) is 25.7 Å². The van der Waals surface area contributed by atoms with E-state index in [1.807, 2.05) is 48.5 Å². The zero-order chi connectivity index (χ0) is 42.2. The molecule has 0 aliphatic carbocycles. The highest BCUT2D eigenvalue weighted by Gasteiger charge is 2.27. The number of amides is 3. The summed E-state index contributed by atoms with van der Waals surface area (Å²) in [6.45, 7) is 19.9. The van der Waals surface area contributed by atoms with E-state index < -0.39 is 11.2 Å². The van der Waals surface area contributed by atoms with Gasteiger partial charge in [-0.25, -0.2) is 4.79 Å². The van der Waals surface area contributed by atoms with Crippen LogP contribution < -0.4 is 10.6 Å². The van der Waals surface area contributed by atoms with Crippen LogP contribution in [-0.4, -0.2) is 171 Å². The SMILES string of the molecule is C[C@@H]1NC(=O)N[C@@H]1CCCCCC(=O)N(CCOCCOCCOCCOCCC(=O)OC(C)(C)C)CCOCCOCCOCCOCCC(=O)OC(C)(C)C. The first-order chi connectivity index (χ1) is 27.2. The van der Waals surface area contributed by atoms with E-state index in [2.05, 4.69) is 10.6 Å². The Balaban J connectivity index is 2.17. The Morgan fingerprint density at radius 1 is 0.509 bits per heavy atom. The Labute approximate surface area is 341 Å². The lowest BCUT2D eigenvalue weighted by molar-refractivity contribution is -0.157. The number of hydrogen-bond acceptors (Lipinski definition) is 14. The molecule has 0 aromatic carbocycles. The maximum Gasteiger partial charge on any atom is 0.315 e. The molecule has 0 radical (unpaired) electrons. The molecule has 57 heavy (non-hydrogen) atoms. The summed E-state index contributed by atoms with van der Waals surface area (Å²) >= 11 is 0. The predicted molar refractivity (Wildman–Crippen MR) is 212 cm³/mol. The largest absolute Gasteiger partial charge is 0.460 e. The predicted octanol–water partition coefficient (Wildman–Crippen LogP) is 3.43. The smallest absolute Gasteiger partial charge is 0.315 e. The zero-order valence-corrected chi connectivity index (χ0v) is 36.0. The van der Waals surface area contributed by atoms with Gasteiger partial charge in [0.1, 0.15) is 11.2 Å². The molecule has 1 aliphatic rings. The molecule has 0 saturated carbocycles. The molecule has 0 bridgehead atoms. The van der Waals surface area contributed by atoms with Gasteiger partial charge in [-0.05, 0) is 61.3 Å². The zero-order valence-electron chi connectivity index (χ0n) is 36.0. The van der Waals surface area contributed by atoms with E-state index in [1.165, 1.54) is 0 Å². The van der Waals surface area contributed by atoms with Crippen molar-refractivity contribution in [3.63, 3.8) is 0 Å². The van der Waals surface area contributed by atoms with Crippen LogP contribution in [0.25, 0.3) is 0 Å². The van der Waals surface area contributed by atoms with Gasteiger partial charge in [-0.15, -0.1) is 0 Å². The molecule has 0 unspecified atom stereocenters. The van der Waals surface area contributed by atoms with E-state index in [1.54, 1.807) is 4.90 Å². The van der Waals surface area contributed by atoms with Crippen molar-refractivity contribution in [3.05, 3.63) is 0 Å². The fourth-order valence-corrected chi connectivity index (χ4v) is 5.27. The summed E-state index contributed by atoms with van der Waals surface area (Å²) in [7, 11) is 0. The number of ether oxygens (including phenoxy) is 10. The number of hydrogen-bond donors (Lipinski definition) is 2. The number of unbranched alkanes of at least 4 members (excludes halogenated alkanes) is 2. The maximum atomic E-state index is 13.1. The third-order valence-corrected chi connectivity index (χ3v) is 8.02. The third-order valence-electron chi connectivity index (χ3n) is 8.02. The van der Waals surface area contributed by atoms with Crippen molar-refractivity contribution in [3.8, 4) is 0 Å². The molecular weight excluding hydrogens is 746 g/mol. The van der Waals surface area contributed by atoms with Crippen LogP contribution in [0, 0.1) is 0 Å². The summed E-state index contributed by atoms with van der Waals surface area (Å²) in [5.41, 5.74) is -1.00. The normalized spacial score (nSPS) is 15.7. The van der Waals surface area contributed by atoms with Crippen molar-refractivity contribution < 1.29 is 66.5 Å². The summed E-state index contributed by atoms with van der Waals surface area (Å²) in [5.74, 6) is -0.520. The van der Waals surface area contributed by atoms with E-state index in [-0.39, 0.29) is 62.0 Å². The molecular formula is C40H75N3O14. The number of rotatable bonds is 36. The van der Waals surface area contributed by atoms with Crippen LogP contribution in [0.2, 0.25) is 0 Å². The molecule has 1 fully saturated rings. The van der Waals surface area contributed by atoms with Gasteiger partial charge in [0.15, 0.2) is 0 Å². The standard InChI is InChI=1S/C40H75N3O14/c1-33-34(42-38(47)41-33)11-9-8-10-12-35(44)43(15-19-50-23-27-54-31-29-52-25-21-48-17-13-36(45)56-39(2,3)4)16-20-51-24-28-55-32-30-53-26-22-49-18-14-37(46)57-40(5,6)7/h33-34H,8-32H2,1-7H3,(H2,41,42,47)/t33-,34+/m0/s1. The van der Waals surface area contributed by atoms with E-state index in [4.69, 9.17) is 47.4 Å². The molecule has 334 valence electrons. The number of nitrogens with zero attached hydrogens (tertiary/aromatic N) is 1. The molecule has 2 atom stereocenters. The van der Waals surface area contributed by atoms with E-state index in [9.17, 15) is 19.2 Å². The maximum absolute atomic E-state index is 13.1. The quantitative estimate of drug-likeness (QED) is 0.0691. The van der Waals surface area contributed by atoms with Crippen LogP contribution >= 0.6 is 0 Å². The minimum absolute atomic E-state index is 0.0517. The van der Waals surface area contributed by atoms with Crippen molar-refractivity contribution in [2.75, 3.05) is 119 Å². The lowest BCUT2D eigenvalue weighted by Gasteiger charge is -2.23. The summed E-state index contributed by atoms with van der Waals surface area (Å²) in [6, 6.07) is 0.109. The Morgan fingerprint density at radius 3 is 1.23 bits per heavy atom. The third kappa shape index (κ3) is 32.9. The molecule has 0 aromatic heterocycles. The van der Waals surface area contributed by atoms with Gasteiger partial charge in [-0.2, -0.15) is 0 Å². The van der Waals surface area contributed by atoms with Crippen LogP contribution in [0.4, 0.5) is 4.79 Å². The highest BCUT2D eigenvalue weighted by atomic mass is 16.6. The van der Waals surface area contributed by atoms with Gasteiger partial charge in [0.05, 0.1) is 125 Å². The minimum atomic E-state index is -0.501. The molecule has 17 nitrogen and oxygen atoms in total. The van der Waals surface area contributed by atoms with Crippen LogP contribution in [0.5, 0.6) is 0 Å². The molecule has 0 spiro atoms. The Morgan fingerprint density at radius 2 is 0.877 bits per heavy atom. The molecule has 2 N–H and O–H groups in total. The van der Waals surface area contributed by atoms with Gasteiger partial charge in [0.2, 0.25) is 5.91 Å². The number of esters is 2. The fourth-order valence-electron chi connectivity index (χ4n) is 5.27. The van der Waals surface area contributed by atoms with Gasteiger partial charge < -0.3 is 62.9 Å². The van der Waals surface area contributed by atoms with Gasteiger partial charge in [-0.1, -0.05) is 12.8 Å². The number of carbonyl (C=O) groups excluding carboxylic acids is 4. The molecule has 1 saturated heterocycles. The van der Waals surface area contributed by atoms with Crippen molar-refractivity contribution >= 4 is 23.9 Å². The first kappa shape index (κ1) is 52.4. The van der Waals surface area contributed by atoms with Crippen LogP contribution in [0.3, 0.4) is 0 Å². The van der Waals surface area contributed by atoms with Crippen molar-refractivity contribution in [1.82, 2.24) is 15.5 Å². The highest BCUT2D eigenvalue weighted by Crippen LogP contribution is 2.13. The molecule has 1 rings (SSSR count). The Kier molecular flexibility index (Phi) is 29.6. The number of carbonyl (C=O) groups is 4. The van der Waals surface area contributed by atoms with Crippen molar-refractivity contribution in [1.29, 1.82) is 0 Å². The lowest BCUT2D eigenvalue weighted by atomic mass is 10.0. The molecule has 1 aliphatic heterocycles. The lowest BCUT2D eigenvalue weighted by Crippen LogP contribution is -2.37. The second kappa shape index (κ2) is 32.2. The topological polar surface area (TPSA) is 188 Å².